The van der Waals surface area contributed by atoms with E-state index in [0.717, 1.165) is 66.9 Å². The third kappa shape index (κ3) is 21.1. The van der Waals surface area contributed by atoms with E-state index < -0.39 is 17.3 Å². The van der Waals surface area contributed by atoms with E-state index in [1.807, 2.05) is 25.2 Å². The molecule has 4 aromatic heterocycles. The maximum atomic E-state index is 10.8. The third-order valence-corrected chi connectivity index (χ3v) is 10.0. The van der Waals surface area contributed by atoms with E-state index >= 15 is 0 Å². The van der Waals surface area contributed by atoms with Crippen molar-refractivity contribution in [3.63, 3.8) is 0 Å². The Morgan fingerprint density at radius 3 is 1.70 bits per heavy atom. The number of thiophene rings is 2. The van der Waals surface area contributed by atoms with Gasteiger partial charge in [0, 0.05) is 32.0 Å². The van der Waals surface area contributed by atoms with Gasteiger partial charge in [0.05, 0.1) is 42.8 Å². The van der Waals surface area contributed by atoms with Crippen LogP contribution in [0.1, 0.15) is 56.5 Å². The van der Waals surface area contributed by atoms with Crippen molar-refractivity contribution < 1.29 is 47.9 Å². The molecule has 0 N–H and O–H groups in total. The summed E-state index contributed by atoms with van der Waals surface area (Å²) in [6.07, 6.45) is 8.62. The van der Waals surface area contributed by atoms with E-state index in [4.69, 9.17) is 22.1 Å². The fourth-order valence-corrected chi connectivity index (χ4v) is 7.38. The van der Waals surface area contributed by atoms with E-state index in [1.54, 1.807) is 34.0 Å². The predicted octanol–water partition coefficient (Wildman–Crippen LogP) is 6.20. The Morgan fingerprint density at radius 2 is 1.30 bits per heavy atom. The smallest absolute Gasteiger partial charge is 0.373 e. The molecule has 246 valence electrons. The van der Waals surface area contributed by atoms with Crippen molar-refractivity contribution in [1.82, 2.24) is 9.97 Å². The van der Waals surface area contributed by atoms with Crippen LogP contribution in [-0.4, -0.2) is 44.9 Å². The fraction of sp³-hybridized carbons (Fsp3) is 0.500. The van der Waals surface area contributed by atoms with Crippen molar-refractivity contribution in [2.75, 3.05) is 26.6 Å². The first-order valence-electron chi connectivity index (χ1n) is 14.4. The molecule has 0 fully saturated rings. The minimum absolute atomic E-state index is 0. The molecule has 0 aliphatic rings. The molecule has 0 aliphatic heterocycles. The fourth-order valence-electron chi connectivity index (χ4n) is 3.81. The average Bonchev–Trinajstić information content (AvgIpc) is 3.81. The summed E-state index contributed by atoms with van der Waals surface area (Å²) in [4.78, 5) is 16.0. The molecule has 0 aliphatic carbocycles. The molecule has 0 saturated heterocycles. The van der Waals surface area contributed by atoms with Gasteiger partial charge in [-0.1, -0.05) is 5.11 Å². The van der Waals surface area contributed by atoms with Crippen LogP contribution in [0.5, 0.6) is 0 Å². The first kappa shape index (κ1) is 42.1. The second-order valence-corrected chi connectivity index (χ2v) is 15.1. The van der Waals surface area contributed by atoms with Gasteiger partial charge >= 0.3 is 29.6 Å². The summed E-state index contributed by atoms with van der Waals surface area (Å²) in [5.74, 6) is 0. The van der Waals surface area contributed by atoms with E-state index in [-0.39, 0.29) is 36.2 Å². The van der Waals surface area contributed by atoms with Crippen molar-refractivity contribution in [2.45, 2.75) is 65.2 Å². The molecule has 0 unspecified atom stereocenters. The molecule has 4 aromatic rings. The monoisotopic (exact) mass is 737 g/mol. The zero-order valence-electron chi connectivity index (χ0n) is 27.5. The Labute approximate surface area is 310 Å². The van der Waals surface area contributed by atoms with E-state index in [0.29, 0.717) is 13.0 Å². The SMILES string of the molecule is Cc1nc(CCc2cc(CCCN=[N+]=[N-])cs2)cs1.Cc1nc(CCc2cc(CCCOS(C)(=O)=O)cs2)cs1.[2H]CF.[N-]=[N+]=[N-].[Na+]. The first-order chi connectivity index (χ1) is 22.0. The molecule has 11 nitrogen and oxygen atoms in total. The molecule has 18 heteroatoms. The van der Waals surface area contributed by atoms with E-state index in [9.17, 15) is 12.8 Å². The summed E-state index contributed by atoms with van der Waals surface area (Å²) in [7, 11) is -4.31. The molecule has 0 atom stereocenters. The van der Waals surface area contributed by atoms with Crippen molar-refractivity contribution in [3.8, 4) is 0 Å². The molecule has 0 aromatic carbocycles. The molecule has 0 spiro atoms. The predicted molar refractivity (Wildman–Crippen MR) is 186 cm³/mol. The summed E-state index contributed by atoms with van der Waals surface area (Å²) in [5, 5.41) is 14.4. The summed E-state index contributed by atoms with van der Waals surface area (Å²) >= 11 is 6.97. The maximum absolute atomic E-state index is 10.8. The van der Waals surface area contributed by atoms with Gasteiger partial charge in [0.1, 0.15) is 0 Å². The van der Waals surface area contributed by atoms with Crippen LogP contribution < -0.4 is 29.6 Å². The third-order valence-electron chi connectivity index (χ3n) is 5.70. The number of aromatic nitrogens is 2. The summed E-state index contributed by atoms with van der Waals surface area (Å²) in [6.45, 7) is 4.90. The van der Waals surface area contributed by atoms with Gasteiger partial charge in [0.2, 0.25) is 0 Å². The molecule has 0 bridgehead atoms. The zero-order valence-corrected chi connectivity index (χ0v) is 32.5. The maximum Gasteiger partial charge on any atom is 1.00 e. The summed E-state index contributed by atoms with van der Waals surface area (Å²) in [5.41, 5.74) is 26.7. The van der Waals surface area contributed by atoms with Gasteiger partial charge in [-0.2, -0.15) is 8.42 Å². The molecule has 46 heavy (non-hydrogen) atoms. The number of nitrogens with zero attached hydrogens (tertiary/aromatic N) is 8. The molecule has 4 rings (SSSR count). The van der Waals surface area contributed by atoms with Gasteiger partial charge in [-0.15, -0.1) is 45.3 Å². The first-order valence-corrected chi connectivity index (χ1v) is 19.0. The van der Waals surface area contributed by atoms with Gasteiger partial charge in [0.15, 0.2) is 0 Å². The standard InChI is InChI=1S/C14H19NO3S3.C13H16N4S2.CH3F.N3.Na/c1-11-15-13(10-19-11)5-6-14-8-12(9-20-14)4-3-7-18-21(2,16)17;1-10-16-12(9-18-10)4-5-13-7-11(8-19-13)3-2-6-15-17-14;1-2;1-3-2;/h8-10H,3-7H2,1-2H3;7-9H,2-6H2,1H3;1H3;;/q;;;-1;+1/i;;1D;;. The van der Waals surface area contributed by atoms with Crippen LogP contribution in [-0.2, 0) is 52.8 Å². The number of alkyl halides is 1. The Bertz CT molecular complexity index is 1600. The average molecular weight is 738 g/mol. The van der Waals surface area contributed by atoms with Crippen LogP contribution >= 0.6 is 45.3 Å². The molecule has 0 radical (unpaired) electrons. The molecule has 0 amide bonds. The number of rotatable bonds is 15. The van der Waals surface area contributed by atoms with Gasteiger partial charge in [-0.3, -0.25) is 13.5 Å². The normalized spacial score (nSPS) is 10.3. The van der Waals surface area contributed by atoms with Gasteiger partial charge in [-0.25, -0.2) is 9.97 Å². The largest absolute Gasteiger partial charge is 1.00 e. The van der Waals surface area contributed by atoms with Crippen molar-refractivity contribution in [1.29, 1.82) is 0 Å². The molecular weight excluding hydrogens is 699 g/mol. The Balaban J connectivity index is 0.000000760. The Hall–Kier alpha value is -1.88. The van der Waals surface area contributed by atoms with E-state index in [1.165, 1.54) is 31.5 Å². The topological polar surface area (TPSA) is 177 Å². The van der Waals surface area contributed by atoms with Crippen LogP contribution in [0.25, 0.3) is 26.4 Å². The van der Waals surface area contributed by atoms with Crippen LogP contribution in [0.4, 0.5) is 4.39 Å². The van der Waals surface area contributed by atoms with Crippen molar-refractivity contribution in [2.24, 2.45) is 5.11 Å². The van der Waals surface area contributed by atoms with Gasteiger partial charge in [0.25, 0.3) is 10.1 Å². The molecular formula is C28H38FN8NaO3S5. The van der Waals surface area contributed by atoms with Crippen LogP contribution in [0.3, 0.4) is 0 Å². The van der Waals surface area contributed by atoms with Crippen molar-refractivity contribution >= 4 is 55.5 Å². The van der Waals surface area contributed by atoms with Crippen LogP contribution in [0, 0.1) is 13.8 Å². The molecule has 4 heterocycles. The minimum atomic E-state index is -3.31. The quantitative estimate of drug-likeness (QED) is 0.0352. The summed E-state index contributed by atoms with van der Waals surface area (Å²) < 4.78 is 41.9. The molecule has 0 saturated carbocycles. The van der Waals surface area contributed by atoms with Crippen LogP contribution in [0.15, 0.2) is 38.8 Å². The number of halogens is 1. The van der Waals surface area contributed by atoms with Crippen molar-refractivity contribution in [3.05, 3.63) is 102 Å². The number of azide groups is 1. The summed E-state index contributed by atoms with van der Waals surface area (Å²) in [6, 6.07) is 4.46. The Morgan fingerprint density at radius 1 is 0.848 bits per heavy atom. The van der Waals surface area contributed by atoms with E-state index in [2.05, 4.69) is 53.6 Å². The second-order valence-electron chi connectivity index (χ2n) is 9.34. The number of aryl methyl sites for hydroxylation is 8. The number of hydrogen-bond acceptors (Lipinski definition) is 10. The number of hydrogen-bond donors (Lipinski definition) is 0. The Kier molecular flexibility index (Phi) is 23.9. The number of thiazole rings is 2. The second kappa shape index (κ2) is 26.1. The van der Waals surface area contributed by atoms with Gasteiger partial charge < -0.3 is 11.1 Å². The minimum Gasteiger partial charge on any atom is -0.373 e. The van der Waals surface area contributed by atoms with Crippen LogP contribution in [0.2, 0.25) is 0 Å². The van der Waals surface area contributed by atoms with Gasteiger partial charge in [-0.05, 0) is 105 Å². The zero-order chi connectivity index (χ0) is 34.2.